The van der Waals surface area contributed by atoms with E-state index >= 15 is 0 Å². The smallest absolute Gasteiger partial charge is 0.0616 e. The van der Waals surface area contributed by atoms with E-state index in [4.69, 9.17) is 0 Å². The number of para-hydroxylation sites is 1. The topological polar surface area (TPSA) is 34.3 Å². The molecule has 4 nitrogen and oxygen atoms in total. The molecule has 0 unspecified atom stereocenters. The lowest BCUT2D eigenvalue weighted by molar-refractivity contribution is -0.0467. The second kappa shape index (κ2) is 9.25. The van der Waals surface area contributed by atoms with E-state index in [1.54, 1.807) is 0 Å². The van der Waals surface area contributed by atoms with Crippen molar-refractivity contribution in [1.82, 2.24) is 20.1 Å². The monoisotopic (exact) mass is 444 g/mol. The standard InChI is InChI=1S/C26H33N3.C3H7N/c1-20-22-12-7-8-13-23(22)27-24(20)26(29-18-9-19-29)16-14-25(15-17-26,28(2)3)21-10-5-4-6-11-21;1-2-4-3-1/h4-8,10-13,27H,9,14-19H2,1-3H3;4H,1-3H2. The van der Waals surface area contributed by atoms with Crippen LogP contribution in [0.4, 0.5) is 0 Å². The lowest BCUT2D eigenvalue weighted by Gasteiger charge is -2.56. The summed E-state index contributed by atoms with van der Waals surface area (Å²) in [5, 5.41) is 4.50. The summed E-state index contributed by atoms with van der Waals surface area (Å²) in [7, 11) is 4.52. The van der Waals surface area contributed by atoms with Crippen molar-refractivity contribution in [3.8, 4) is 0 Å². The summed E-state index contributed by atoms with van der Waals surface area (Å²) in [6.45, 7) is 7.28. The quantitative estimate of drug-likeness (QED) is 0.566. The van der Waals surface area contributed by atoms with Crippen LogP contribution in [0.15, 0.2) is 54.6 Å². The van der Waals surface area contributed by atoms with Gasteiger partial charge in [-0.05, 0) is 89.8 Å². The Bertz CT molecular complexity index is 1050. The van der Waals surface area contributed by atoms with Crippen molar-refractivity contribution in [2.45, 2.75) is 56.5 Å². The SMILES string of the molecule is C1CNC1.Cc1c(C2(N3CCC3)CCC(c3ccccc3)(N(C)C)CC2)[nH]c2ccccc12. The molecule has 3 aliphatic rings. The van der Waals surface area contributed by atoms with Gasteiger partial charge in [0, 0.05) is 35.2 Å². The van der Waals surface area contributed by atoms with Crippen molar-refractivity contribution < 1.29 is 0 Å². The van der Waals surface area contributed by atoms with Crippen molar-refractivity contribution in [1.29, 1.82) is 0 Å². The number of likely N-dealkylation sites (tertiary alicyclic amines) is 1. The summed E-state index contributed by atoms with van der Waals surface area (Å²) in [5.74, 6) is 0. The van der Waals surface area contributed by atoms with Gasteiger partial charge in [0.2, 0.25) is 0 Å². The Kier molecular flexibility index (Phi) is 6.34. The Hall–Kier alpha value is -2.14. The predicted molar refractivity (Wildman–Crippen MR) is 139 cm³/mol. The maximum absolute atomic E-state index is 3.86. The van der Waals surface area contributed by atoms with Crippen LogP contribution in [0.2, 0.25) is 0 Å². The average molecular weight is 445 g/mol. The summed E-state index contributed by atoms with van der Waals surface area (Å²) in [6.07, 6.45) is 7.50. The fourth-order valence-electron chi connectivity index (χ4n) is 6.21. The van der Waals surface area contributed by atoms with E-state index in [1.807, 2.05) is 0 Å². The van der Waals surface area contributed by atoms with Gasteiger partial charge in [-0.15, -0.1) is 0 Å². The first-order chi connectivity index (χ1) is 16.1. The molecule has 2 N–H and O–H groups in total. The minimum absolute atomic E-state index is 0.134. The van der Waals surface area contributed by atoms with E-state index in [-0.39, 0.29) is 11.1 Å². The van der Waals surface area contributed by atoms with Gasteiger partial charge < -0.3 is 10.3 Å². The second-order valence-corrected chi connectivity index (χ2v) is 10.4. The number of fused-ring (bicyclic) bond motifs is 1. The number of rotatable bonds is 4. The molecular formula is C29H40N4. The third-order valence-corrected chi connectivity index (χ3v) is 8.67. The molecule has 176 valence electrons. The molecule has 2 aliphatic heterocycles. The predicted octanol–water partition coefficient (Wildman–Crippen LogP) is 5.39. The number of H-pyrrole nitrogens is 1. The molecule has 33 heavy (non-hydrogen) atoms. The second-order valence-electron chi connectivity index (χ2n) is 10.4. The largest absolute Gasteiger partial charge is 0.357 e. The molecule has 6 rings (SSSR count). The van der Waals surface area contributed by atoms with Crippen molar-refractivity contribution in [2.24, 2.45) is 0 Å². The Balaban J connectivity index is 0.000000517. The molecule has 4 heteroatoms. The Morgan fingerprint density at radius 2 is 1.42 bits per heavy atom. The molecule has 3 aromatic rings. The molecule has 0 amide bonds. The fourth-order valence-corrected chi connectivity index (χ4v) is 6.21. The number of nitrogens with one attached hydrogen (secondary N) is 2. The van der Waals surface area contributed by atoms with Crippen LogP contribution in [0.3, 0.4) is 0 Å². The van der Waals surface area contributed by atoms with Crippen molar-refractivity contribution in [3.63, 3.8) is 0 Å². The minimum Gasteiger partial charge on any atom is -0.357 e. The zero-order valence-electron chi connectivity index (χ0n) is 20.7. The summed E-state index contributed by atoms with van der Waals surface area (Å²) in [4.78, 5) is 9.10. The molecule has 1 aliphatic carbocycles. The Morgan fingerprint density at radius 3 is 1.94 bits per heavy atom. The number of hydrogen-bond acceptors (Lipinski definition) is 3. The molecule has 0 radical (unpaired) electrons. The zero-order valence-corrected chi connectivity index (χ0v) is 20.7. The molecule has 0 atom stereocenters. The minimum atomic E-state index is 0.134. The van der Waals surface area contributed by atoms with Crippen molar-refractivity contribution in [3.05, 3.63) is 71.4 Å². The molecule has 2 aromatic carbocycles. The van der Waals surface area contributed by atoms with Gasteiger partial charge in [0.25, 0.3) is 0 Å². The highest BCUT2D eigenvalue weighted by Crippen LogP contribution is 2.52. The average Bonchev–Trinajstić information content (AvgIpc) is 3.10. The van der Waals surface area contributed by atoms with Crippen LogP contribution in [0.5, 0.6) is 0 Å². The van der Waals surface area contributed by atoms with E-state index in [0.717, 1.165) is 0 Å². The van der Waals surface area contributed by atoms with Gasteiger partial charge in [-0.1, -0.05) is 48.5 Å². The zero-order chi connectivity index (χ0) is 22.9. The first kappa shape index (κ1) is 22.6. The number of benzene rings is 2. The van der Waals surface area contributed by atoms with E-state index in [9.17, 15) is 0 Å². The highest BCUT2D eigenvalue weighted by molar-refractivity contribution is 5.84. The van der Waals surface area contributed by atoms with E-state index in [0.29, 0.717) is 0 Å². The molecular weight excluding hydrogens is 404 g/mol. The van der Waals surface area contributed by atoms with Crippen LogP contribution in [0.1, 0.15) is 55.3 Å². The number of aryl methyl sites for hydroxylation is 1. The van der Waals surface area contributed by atoms with Crippen molar-refractivity contribution in [2.75, 3.05) is 40.3 Å². The third-order valence-electron chi connectivity index (χ3n) is 8.67. The van der Waals surface area contributed by atoms with Gasteiger partial charge in [0.15, 0.2) is 0 Å². The van der Waals surface area contributed by atoms with Crippen LogP contribution in [0.25, 0.3) is 10.9 Å². The summed E-state index contributed by atoms with van der Waals surface area (Å²) >= 11 is 0. The third kappa shape index (κ3) is 3.92. The maximum Gasteiger partial charge on any atom is 0.0616 e. The highest BCUT2D eigenvalue weighted by atomic mass is 15.3. The van der Waals surface area contributed by atoms with E-state index in [1.165, 1.54) is 92.4 Å². The van der Waals surface area contributed by atoms with Crippen LogP contribution < -0.4 is 5.32 Å². The fraction of sp³-hybridized carbons (Fsp3) is 0.517. The van der Waals surface area contributed by atoms with Crippen LogP contribution in [-0.2, 0) is 11.1 Å². The summed E-state index contributed by atoms with van der Waals surface area (Å²) in [6, 6.07) is 20.0. The molecule has 1 aromatic heterocycles. The first-order valence-corrected chi connectivity index (χ1v) is 12.8. The summed E-state index contributed by atoms with van der Waals surface area (Å²) < 4.78 is 0. The lowest BCUT2D eigenvalue weighted by atomic mass is 9.66. The normalized spacial score (nSPS) is 27.5. The van der Waals surface area contributed by atoms with E-state index in [2.05, 4.69) is 95.7 Å². The lowest BCUT2D eigenvalue weighted by Crippen LogP contribution is -2.58. The molecule has 0 bridgehead atoms. The number of aromatic nitrogens is 1. The van der Waals surface area contributed by atoms with Gasteiger partial charge in [0.1, 0.15) is 0 Å². The first-order valence-electron chi connectivity index (χ1n) is 12.8. The number of hydrogen-bond donors (Lipinski definition) is 2. The maximum atomic E-state index is 3.86. The number of aromatic amines is 1. The molecule has 2 saturated heterocycles. The van der Waals surface area contributed by atoms with Gasteiger partial charge in [-0.25, -0.2) is 0 Å². The van der Waals surface area contributed by atoms with Crippen LogP contribution in [0, 0.1) is 6.92 Å². The van der Waals surface area contributed by atoms with Gasteiger partial charge in [-0.2, -0.15) is 0 Å². The summed E-state index contributed by atoms with van der Waals surface area (Å²) in [5.41, 5.74) is 5.96. The van der Waals surface area contributed by atoms with Gasteiger partial charge in [0.05, 0.1) is 5.54 Å². The van der Waals surface area contributed by atoms with Crippen molar-refractivity contribution >= 4 is 10.9 Å². The number of nitrogens with zero attached hydrogens (tertiary/aromatic N) is 2. The van der Waals surface area contributed by atoms with Crippen LogP contribution in [-0.4, -0.2) is 55.1 Å². The molecule has 0 spiro atoms. The Labute approximate surface area is 199 Å². The molecule has 1 saturated carbocycles. The van der Waals surface area contributed by atoms with Gasteiger partial charge in [-0.3, -0.25) is 9.80 Å². The van der Waals surface area contributed by atoms with Gasteiger partial charge >= 0.3 is 0 Å². The molecule has 3 fully saturated rings. The van der Waals surface area contributed by atoms with Crippen LogP contribution >= 0.6 is 0 Å². The Morgan fingerprint density at radius 1 is 0.818 bits per heavy atom. The van der Waals surface area contributed by atoms with E-state index < -0.39 is 0 Å². The molecule has 3 heterocycles. The highest BCUT2D eigenvalue weighted by Gasteiger charge is 2.50.